The molecule has 2 aromatic rings. The molecule has 2 nitrogen and oxygen atoms in total. The molecule has 0 saturated heterocycles. The van der Waals surface area contributed by atoms with Crippen LogP contribution in [0.25, 0.3) is 11.1 Å². The zero-order valence-electron chi connectivity index (χ0n) is 12.3. The second-order valence-corrected chi connectivity index (χ2v) is 7.02. The van der Waals surface area contributed by atoms with Gasteiger partial charge in [0.2, 0.25) is 0 Å². The van der Waals surface area contributed by atoms with Crippen LogP contribution in [0.5, 0.6) is 0 Å². The van der Waals surface area contributed by atoms with E-state index in [4.69, 9.17) is 0 Å². The Morgan fingerprint density at radius 1 is 1.27 bits per heavy atom. The average molecular weight is 383 g/mol. The van der Waals surface area contributed by atoms with Gasteiger partial charge in [0.15, 0.2) is 0 Å². The van der Waals surface area contributed by atoms with Crippen LogP contribution in [0.1, 0.15) is 17.7 Å². The van der Waals surface area contributed by atoms with Gasteiger partial charge in [0.05, 0.1) is 12.9 Å². The third kappa shape index (κ3) is 4.34. The van der Waals surface area contributed by atoms with E-state index in [1.54, 1.807) is 6.07 Å². The molecule has 1 atom stereocenters. The Balaban J connectivity index is 2.15. The molecule has 2 aromatic carbocycles. The van der Waals surface area contributed by atoms with Gasteiger partial charge in [-0.3, -0.25) is 4.79 Å². The fourth-order valence-corrected chi connectivity index (χ4v) is 3.10. The monoisotopic (exact) mass is 382 g/mol. The molecular formula is C17H16BrFO2S. The van der Waals surface area contributed by atoms with Gasteiger partial charge in [0, 0.05) is 15.3 Å². The highest BCUT2D eigenvalue weighted by Gasteiger charge is 2.12. The lowest BCUT2D eigenvalue weighted by Crippen LogP contribution is -2.05. The molecular weight excluding hydrogens is 367 g/mol. The molecule has 0 amide bonds. The molecule has 0 radical (unpaired) electrons. The Kier molecular flexibility index (Phi) is 6.03. The van der Waals surface area contributed by atoms with Gasteiger partial charge < -0.3 is 4.74 Å². The van der Waals surface area contributed by atoms with Crippen molar-refractivity contribution in [2.75, 3.05) is 12.9 Å². The first kappa shape index (κ1) is 17.0. The molecule has 5 heteroatoms. The van der Waals surface area contributed by atoms with E-state index in [9.17, 15) is 9.18 Å². The van der Waals surface area contributed by atoms with Crippen LogP contribution < -0.4 is 0 Å². The molecule has 0 fully saturated rings. The van der Waals surface area contributed by atoms with Crippen molar-refractivity contribution in [2.24, 2.45) is 0 Å². The summed E-state index contributed by atoms with van der Waals surface area (Å²) >= 11 is 4.79. The fraction of sp³-hybridized carbons (Fsp3) is 0.235. The van der Waals surface area contributed by atoms with Gasteiger partial charge in [-0.1, -0.05) is 40.2 Å². The Morgan fingerprint density at radius 3 is 2.55 bits per heavy atom. The number of rotatable bonds is 5. The highest BCUT2D eigenvalue weighted by atomic mass is 79.9. The minimum atomic E-state index is -0.274. The molecule has 0 aliphatic carbocycles. The summed E-state index contributed by atoms with van der Waals surface area (Å²) in [5.41, 5.74) is 2.26. The first-order chi connectivity index (χ1) is 10.5. The topological polar surface area (TPSA) is 26.3 Å². The highest BCUT2D eigenvalue weighted by Crippen LogP contribution is 2.32. The quantitative estimate of drug-likeness (QED) is 0.662. The number of carbonyl (C=O) groups excluding carboxylic acids is 1. The number of halogens is 2. The largest absolute Gasteiger partial charge is 0.468 e. The summed E-state index contributed by atoms with van der Waals surface area (Å²) in [7, 11) is 1.36. The van der Waals surface area contributed by atoms with Crippen LogP contribution in [0.2, 0.25) is 0 Å². The maximum Gasteiger partial charge on any atom is 0.315 e. The summed E-state index contributed by atoms with van der Waals surface area (Å²) in [5.74, 6) is -0.276. The number of hydrogen-bond donors (Lipinski definition) is 0. The van der Waals surface area contributed by atoms with E-state index in [-0.39, 0.29) is 22.8 Å². The summed E-state index contributed by atoms with van der Waals surface area (Å²) in [6.45, 7) is 1.95. The Morgan fingerprint density at radius 2 is 1.95 bits per heavy atom. The minimum Gasteiger partial charge on any atom is -0.468 e. The Bertz CT molecular complexity index is 658. The zero-order chi connectivity index (χ0) is 16.1. The molecule has 0 bridgehead atoms. The second-order valence-electron chi connectivity index (χ2n) is 4.78. The predicted octanol–water partition coefficient (Wildman–Crippen LogP) is 5.22. The summed E-state index contributed by atoms with van der Waals surface area (Å²) in [4.78, 5) is 11.2. The number of hydrogen-bond acceptors (Lipinski definition) is 3. The van der Waals surface area contributed by atoms with Crippen molar-refractivity contribution in [3.63, 3.8) is 0 Å². The molecule has 0 aliphatic heterocycles. The van der Waals surface area contributed by atoms with Gasteiger partial charge in [0.1, 0.15) is 5.82 Å². The molecule has 116 valence electrons. The summed E-state index contributed by atoms with van der Waals surface area (Å²) < 4.78 is 19.9. The maximum absolute atomic E-state index is 14.3. The van der Waals surface area contributed by atoms with Gasteiger partial charge >= 0.3 is 5.97 Å². The van der Waals surface area contributed by atoms with Gasteiger partial charge in [-0.05, 0) is 36.2 Å². The third-order valence-electron chi connectivity index (χ3n) is 3.30. The van der Waals surface area contributed by atoms with Gasteiger partial charge in [-0.2, -0.15) is 0 Å². The van der Waals surface area contributed by atoms with Gasteiger partial charge in [0.25, 0.3) is 0 Å². The molecule has 0 aliphatic rings. The van der Waals surface area contributed by atoms with Crippen LogP contribution in [0.4, 0.5) is 4.39 Å². The number of esters is 1. The minimum absolute atomic E-state index is 0.0209. The number of benzene rings is 2. The molecule has 1 unspecified atom stereocenters. The van der Waals surface area contributed by atoms with E-state index in [1.165, 1.54) is 24.9 Å². The van der Waals surface area contributed by atoms with Gasteiger partial charge in [-0.25, -0.2) is 4.39 Å². The van der Waals surface area contributed by atoms with Crippen molar-refractivity contribution in [3.05, 3.63) is 58.3 Å². The summed E-state index contributed by atoms with van der Waals surface area (Å²) in [6, 6.07) is 12.7. The predicted molar refractivity (Wildman–Crippen MR) is 92.4 cm³/mol. The molecule has 2 rings (SSSR count). The van der Waals surface area contributed by atoms with Crippen molar-refractivity contribution >= 4 is 33.7 Å². The van der Waals surface area contributed by atoms with E-state index in [2.05, 4.69) is 20.7 Å². The average Bonchev–Trinajstić information content (AvgIpc) is 2.53. The standard InChI is InChI=1S/C17H16BrFO2S/c1-11(22-10-17(20)21-2)13-5-8-15(16(19)9-13)12-3-6-14(18)7-4-12/h3-9,11H,10H2,1-2H3. The fourth-order valence-electron chi connectivity index (χ4n) is 2.00. The number of methoxy groups -OCH3 is 1. The van der Waals surface area contributed by atoms with E-state index in [0.29, 0.717) is 5.56 Å². The molecule has 0 saturated carbocycles. The number of ether oxygens (including phenoxy) is 1. The van der Waals surface area contributed by atoms with Crippen LogP contribution in [-0.2, 0) is 9.53 Å². The van der Waals surface area contributed by atoms with Crippen LogP contribution in [0.3, 0.4) is 0 Å². The van der Waals surface area contributed by atoms with E-state index in [1.807, 2.05) is 37.3 Å². The summed E-state index contributed by atoms with van der Waals surface area (Å²) in [6.07, 6.45) is 0. The van der Waals surface area contributed by atoms with Crippen LogP contribution in [0, 0.1) is 5.82 Å². The molecule has 0 N–H and O–H groups in total. The zero-order valence-corrected chi connectivity index (χ0v) is 14.7. The first-order valence-electron chi connectivity index (χ1n) is 6.75. The van der Waals surface area contributed by atoms with E-state index in [0.717, 1.165) is 15.6 Å². The smallest absolute Gasteiger partial charge is 0.315 e. The Hall–Kier alpha value is -1.33. The molecule has 0 heterocycles. The lowest BCUT2D eigenvalue weighted by atomic mass is 10.0. The maximum atomic E-state index is 14.3. The number of carbonyl (C=O) groups is 1. The van der Waals surface area contributed by atoms with E-state index < -0.39 is 0 Å². The molecule has 22 heavy (non-hydrogen) atoms. The first-order valence-corrected chi connectivity index (χ1v) is 8.59. The number of thioether (sulfide) groups is 1. The van der Waals surface area contributed by atoms with Crippen molar-refractivity contribution in [1.82, 2.24) is 0 Å². The second kappa shape index (κ2) is 7.79. The van der Waals surface area contributed by atoms with Crippen molar-refractivity contribution in [1.29, 1.82) is 0 Å². The lowest BCUT2D eigenvalue weighted by Gasteiger charge is -2.13. The Labute approximate surface area is 142 Å². The summed E-state index contributed by atoms with van der Waals surface area (Å²) in [5, 5.41) is 0.0209. The van der Waals surface area contributed by atoms with Crippen LogP contribution in [0.15, 0.2) is 46.9 Å². The van der Waals surface area contributed by atoms with Gasteiger partial charge in [-0.15, -0.1) is 11.8 Å². The molecule has 0 spiro atoms. The highest BCUT2D eigenvalue weighted by molar-refractivity contribution is 9.10. The third-order valence-corrected chi connectivity index (χ3v) is 5.00. The van der Waals surface area contributed by atoms with Crippen molar-refractivity contribution in [3.8, 4) is 11.1 Å². The molecule has 0 aromatic heterocycles. The normalized spacial score (nSPS) is 12.0. The van der Waals surface area contributed by atoms with E-state index >= 15 is 0 Å². The van der Waals surface area contributed by atoms with Crippen molar-refractivity contribution < 1.29 is 13.9 Å². The van der Waals surface area contributed by atoms with Crippen LogP contribution in [-0.4, -0.2) is 18.8 Å². The van der Waals surface area contributed by atoms with Crippen LogP contribution >= 0.6 is 27.7 Å². The lowest BCUT2D eigenvalue weighted by molar-refractivity contribution is -0.137. The SMILES string of the molecule is COC(=O)CSC(C)c1ccc(-c2ccc(Br)cc2)c(F)c1. The van der Waals surface area contributed by atoms with Crippen molar-refractivity contribution in [2.45, 2.75) is 12.2 Å².